The van der Waals surface area contributed by atoms with Crippen LogP contribution in [0, 0.1) is 11.8 Å². The quantitative estimate of drug-likeness (QED) is 0.152. The number of fused-ring (bicyclic) bond motifs is 4. The molecule has 0 radical (unpaired) electrons. The third kappa shape index (κ3) is 9.81. The molecule has 67 heavy (non-hydrogen) atoms. The number of imidazole rings is 2. The Morgan fingerprint density at radius 1 is 0.642 bits per heavy atom. The molecule has 4 unspecified atom stereocenters. The first-order valence-electron chi connectivity index (χ1n) is 23.4. The number of nitrogens with one attached hydrogen (secondary N) is 3. The molecule has 10 heterocycles. The van der Waals surface area contributed by atoms with Crippen molar-refractivity contribution < 1.29 is 9.47 Å². The third-order valence-electron chi connectivity index (χ3n) is 13.7. The summed E-state index contributed by atoms with van der Waals surface area (Å²) in [7, 11) is 0. The second kappa shape index (κ2) is 20.2. The molecule has 0 aliphatic carbocycles. The summed E-state index contributed by atoms with van der Waals surface area (Å²) in [5.41, 5.74) is 3.91. The molecular weight excluding hydrogens is 915 g/mol. The van der Waals surface area contributed by atoms with Crippen LogP contribution >= 0.6 is 15.9 Å². The number of alkyl halides is 1. The van der Waals surface area contributed by atoms with E-state index in [9.17, 15) is 9.59 Å². The van der Waals surface area contributed by atoms with Gasteiger partial charge in [-0.2, -0.15) is 10.2 Å². The predicted octanol–water partition coefficient (Wildman–Crippen LogP) is 6.25. The van der Waals surface area contributed by atoms with Crippen LogP contribution in [0.15, 0.2) is 88.8 Å². The number of nitrogens with zero attached hydrogens (tertiary/aromatic N) is 10. The van der Waals surface area contributed by atoms with Crippen LogP contribution in [0.2, 0.25) is 0 Å². The second-order valence-corrected chi connectivity index (χ2v) is 18.8. The summed E-state index contributed by atoms with van der Waals surface area (Å²) in [5, 5.41) is 16.0. The summed E-state index contributed by atoms with van der Waals surface area (Å²) >= 11 is 3.38. The summed E-state index contributed by atoms with van der Waals surface area (Å²) in [6.45, 7) is 11.5. The average Bonchev–Trinajstić information content (AvgIpc) is 4.19. The first-order chi connectivity index (χ1) is 32.8. The van der Waals surface area contributed by atoms with Gasteiger partial charge in [0.2, 0.25) is 0 Å². The molecule has 4 aliphatic heterocycles. The Morgan fingerprint density at radius 3 is 1.82 bits per heavy atom. The fraction of sp³-hybridized carbons (Fsp3) is 0.449. The molecule has 8 aromatic rings. The Morgan fingerprint density at radius 2 is 1.22 bits per heavy atom. The highest BCUT2D eigenvalue weighted by atomic mass is 79.9. The summed E-state index contributed by atoms with van der Waals surface area (Å²) in [4.78, 5) is 56.3. The number of para-hydroxylation sites is 2. The summed E-state index contributed by atoms with van der Waals surface area (Å²) in [6.07, 6.45) is 8.84. The van der Waals surface area contributed by atoms with E-state index < -0.39 is 0 Å². The first-order valence-corrected chi connectivity index (χ1v) is 24.6. The molecule has 0 bridgehead atoms. The fourth-order valence-electron chi connectivity index (χ4n) is 9.87. The van der Waals surface area contributed by atoms with Gasteiger partial charge in [-0.15, -0.1) is 0 Å². The molecule has 17 nitrogen and oxygen atoms in total. The van der Waals surface area contributed by atoms with Crippen molar-refractivity contribution in [1.82, 2.24) is 64.3 Å². The summed E-state index contributed by atoms with van der Waals surface area (Å²) in [5.74, 6) is 5.86. The maximum atomic E-state index is 12.8. The lowest BCUT2D eigenvalue weighted by atomic mass is 9.97. The van der Waals surface area contributed by atoms with Gasteiger partial charge >= 0.3 is 0 Å². The van der Waals surface area contributed by atoms with E-state index in [1.807, 2.05) is 54.7 Å². The summed E-state index contributed by atoms with van der Waals surface area (Å²) in [6, 6.07) is 20.3. The number of likely N-dealkylation sites (tertiary alicyclic amines) is 1. The first kappa shape index (κ1) is 45.0. The standard InChI is InChI=1S/C24H27N7O2.C15H21N5O2.C10H8BrN/c1-15-12-30(14-21-25-10-17-4-2-3-5-19(17)27-21)13-18(15)22-28-24(32)20-11-26-23(31(20)29-22)16-6-8-33-9-7-16;1-9-6-16-7-11(9)13-18-15(21)12-8-17-14(20(12)19-13)10-2-4-22-5-3-10;11-7-9-6-5-8-3-1-2-4-10(8)12-9/h2-5,10-11,15-16,18H,6-9,12-14H2,1H3,(H,28,29,32);8-11,16H,2-7H2,1H3,(H,18,19,21);1-6H,7H2. The zero-order chi connectivity index (χ0) is 45.9. The Hall–Kier alpha value is -5.79. The number of aromatic nitrogens is 11. The van der Waals surface area contributed by atoms with Gasteiger partial charge in [0.15, 0.2) is 11.0 Å². The number of ether oxygens (including phenoxy) is 2. The van der Waals surface area contributed by atoms with Crippen molar-refractivity contribution in [3.8, 4) is 0 Å². The van der Waals surface area contributed by atoms with Gasteiger partial charge < -0.3 is 24.8 Å². The number of aromatic amines is 2. The minimum Gasteiger partial charge on any atom is -0.381 e. The molecule has 6 aromatic heterocycles. The second-order valence-electron chi connectivity index (χ2n) is 18.3. The third-order valence-corrected chi connectivity index (χ3v) is 14.2. The van der Waals surface area contributed by atoms with E-state index in [0.29, 0.717) is 35.3 Å². The molecule has 0 amide bonds. The van der Waals surface area contributed by atoms with Gasteiger partial charge in [0, 0.05) is 92.0 Å². The number of hydrogen-bond donors (Lipinski definition) is 3. The summed E-state index contributed by atoms with van der Waals surface area (Å²) < 4.78 is 14.4. The van der Waals surface area contributed by atoms with E-state index in [1.165, 1.54) is 5.39 Å². The molecule has 4 aliphatic rings. The smallest absolute Gasteiger partial charge is 0.276 e. The van der Waals surface area contributed by atoms with Crippen LogP contribution in [0.4, 0.5) is 0 Å². The molecule has 0 saturated carbocycles. The predicted molar refractivity (Wildman–Crippen MR) is 259 cm³/mol. The van der Waals surface area contributed by atoms with Crippen molar-refractivity contribution in [2.45, 2.75) is 75.1 Å². The lowest BCUT2D eigenvalue weighted by Gasteiger charge is -2.21. The van der Waals surface area contributed by atoms with Crippen LogP contribution < -0.4 is 16.4 Å². The molecule has 4 atom stereocenters. The van der Waals surface area contributed by atoms with E-state index in [2.05, 4.69) is 82.0 Å². The Kier molecular flexibility index (Phi) is 13.6. The highest BCUT2D eigenvalue weighted by Crippen LogP contribution is 2.32. The van der Waals surface area contributed by atoms with Crippen molar-refractivity contribution in [3.05, 3.63) is 135 Å². The van der Waals surface area contributed by atoms with Crippen LogP contribution in [0.5, 0.6) is 0 Å². The lowest BCUT2D eigenvalue weighted by Crippen LogP contribution is -2.24. The van der Waals surface area contributed by atoms with Crippen molar-refractivity contribution in [3.63, 3.8) is 0 Å². The molecule has 4 saturated heterocycles. The fourth-order valence-corrected chi connectivity index (χ4v) is 10.2. The van der Waals surface area contributed by atoms with Gasteiger partial charge in [-0.1, -0.05) is 72.2 Å². The van der Waals surface area contributed by atoms with Gasteiger partial charge in [-0.05, 0) is 62.3 Å². The van der Waals surface area contributed by atoms with E-state index in [1.54, 1.807) is 21.4 Å². The lowest BCUT2D eigenvalue weighted by molar-refractivity contribution is 0.0831. The van der Waals surface area contributed by atoms with Crippen molar-refractivity contribution in [2.75, 3.05) is 52.6 Å². The maximum Gasteiger partial charge on any atom is 0.276 e. The molecule has 4 fully saturated rings. The van der Waals surface area contributed by atoms with Crippen LogP contribution in [-0.2, 0) is 21.3 Å². The van der Waals surface area contributed by atoms with E-state index in [4.69, 9.17) is 24.7 Å². The number of pyridine rings is 1. The number of hydrogen-bond acceptors (Lipinski definition) is 13. The molecule has 18 heteroatoms. The van der Waals surface area contributed by atoms with Crippen LogP contribution in [0.1, 0.15) is 98.0 Å². The molecule has 3 N–H and O–H groups in total. The maximum absolute atomic E-state index is 12.8. The highest BCUT2D eigenvalue weighted by Gasteiger charge is 2.34. The number of H-pyrrole nitrogens is 2. The van der Waals surface area contributed by atoms with Gasteiger partial charge in [0.05, 0.1) is 35.7 Å². The zero-order valence-electron chi connectivity index (χ0n) is 37.9. The van der Waals surface area contributed by atoms with Gasteiger partial charge in [-0.25, -0.2) is 29.0 Å². The van der Waals surface area contributed by atoms with Crippen LogP contribution in [-0.4, -0.2) is 112 Å². The Balaban J connectivity index is 0.000000132. The molecule has 0 spiro atoms. The largest absolute Gasteiger partial charge is 0.381 e. The van der Waals surface area contributed by atoms with E-state index in [0.717, 1.165) is 135 Å². The van der Waals surface area contributed by atoms with E-state index >= 15 is 0 Å². The molecule has 12 rings (SSSR count). The number of benzene rings is 2. The Labute approximate surface area is 395 Å². The van der Waals surface area contributed by atoms with E-state index in [-0.39, 0.29) is 28.9 Å². The van der Waals surface area contributed by atoms with Crippen LogP contribution in [0.3, 0.4) is 0 Å². The van der Waals surface area contributed by atoms with Crippen LogP contribution in [0.25, 0.3) is 32.8 Å². The van der Waals surface area contributed by atoms with Gasteiger partial charge in [0.25, 0.3) is 11.1 Å². The van der Waals surface area contributed by atoms with Crippen molar-refractivity contribution in [2.24, 2.45) is 11.8 Å². The normalized spacial score (nSPS) is 21.7. The number of rotatable bonds is 7. The molecular formula is C49H56BrN13O4. The highest BCUT2D eigenvalue weighted by molar-refractivity contribution is 9.08. The Bertz CT molecular complexity index is 3100. The minimum absolute atomic E-state index is 0.102. The van der Waals surface area contributed by atoms with Gasteiger partial charge in [0.1, 0.15) is 29.1 Å². The molecule has 2 aromatic carbocycles. The van der Waals surface area contributed by atoms with Gasteiger partial charge in [-0.3, -0.25) is 19.5 Å². The average molecular weight is 971 g/mol. The molecule has 348 valence electrons. The minimum atomic E-state index is -0.130. The topological polar surface area (TPSA) is 198 Å². The SMILES string of the molecule is BrCc1ccc2ccccc2n1.CC1CN(Cc2ncc3ccccc3n2)CC1c1nn2c(C3CCOCC3)ncc2c(=O)[nH]1.CC1CNCC1c1nn2c(C3CCOCC3)ncc2c(=O)[nH]1. The monoisotopic (exact) mass is 969 g/mol. The van der Waals surface area contributed by atoms with Crippen molar-refractivity contribution >= 4 is 48.8 Å². The number of halogens is 1. The van der Waals surface area contributed by atoms with Crippen molar-refractivity contribution in [1.29, 1.82) is 0 Å². The zero-order valence-corrected chi connectivity index (χ0v) is 39.4.